The number of benzene rings is 3. The minimum Gasteiger partial charge on any atom is -0.325 e. The van der Waals surface area contributed by atoms with Gasteiger partial charge in [0.05, 0.1) is 5.92 Å². The van der Waals surface area contributed by atoms with Gasteiger partial charge in [-0.05, 0) is 30.2 Å². The van der Waals surface area contributed by atoms with Gasteiger partial charge in [-0.25, -0.2) is 0 Å². The van der Waals surface area contributed by atoms with Gasteiger partial charge in [0.15, 0.2) is 5.78 Å². The molecule has 0 bridgehead atoms. The van der Waals surface area contributed by atoms with Crippen molar-refractivity contribution in [2.45, 2.75) is 12.8 Å². The number of anilines is 1. The van der Waals surface area contributed by atoms with Crippen LogP contribution in [0.3, 0.4) is 0 Å². The molecule has 3 heteroatoms. The molecule has 0 heterocycles. The van der Waals surface area contributed by atoms with Crippen molar-refractivity contribution < 1.29 is 9.59 Å². The lowest BCUT2D eigenvalue weighted by atomic mass is 9.90. The first-order chi connectivity index (χ1) is 12.1. The van der Waals surface area contributed by atoms with Crippen LogP contribution < -0.4 is 5.32 Å². The molecule has 0 saturated carbocycles. The van der Waals surface area contributed by atoms with E-state index in [0.717, 1.165) is 11.1 Å². The molecule has 25 heavy (non-hydrogen) atoms. The molecule has 0 aromatic heterocycles. The summed E-state index contributed by atoms with van der Waals surface area (Å²) in [5.74, 6) is -0.569. The molecule has 0 aliphatic rings. The lowest BCUT2D eigenvalue weighted by molar-refractivity contribution is -0.116. The molecule has 0 radical (unpaired) electrons. The summed E-state index contributed by atoms with van der Waals surface area (Å²) < 4.78 is 0. The molecular weight excluding hydrogens is 310 g/mol. The summed E-state index contributed by atoms with van der Waals surface area (Å²) in [5, 5.41) is 2.94. The average Bonchev–Trinajstić information content (AvgIpc) is 2.64. The van der Waals surface area contributed by atoms with Gasteiger partial charge in [-0.15, -0.1) is 0 Å². The number of hydrogen-bond acceptors (Lipinski definition) is 2. The van der Waals surface area contributed by atoms with Crippen molar-refractivity contribution >= 4 is 17.4 Å². The van der Waals surface area contributed by atoms with Gasteiger partial charge < -0.3 is 5.32 Å². The fraction of sp³-hybridized carbons (Fsp3) is 0.0909. The van der Waals surface area contributed by atoms with Crippen LogP contribution in [0.15, 0.2) is 84.9 Å². The SMILES string of the molecule is CC(=O)c1cccc(NC(=O)C(c2ccccc2)c2ccccc2)c1. The van der Waals surface area contributed by atoms with Crippen LogP contribution in [0.2, 0.25) is 0 Å². The molecule has 0 spiro atoms. The summed E-state index contributed by atoms with van der Waals surface area (Å²) in [6.45, 7) is 1.51. The van der Waals surface area contributed by atoms with E-state index < -0.39 is 5.92 Å². The van der Waals surface area contributed by atoms with Crippen LogP contribution >= 0.6 is 0 Å². The normalized spacial score (nSPS) is 10.5. The summed E-state index contributed by atoms with van der Waals surface area (Å²) in [6, 6.07) is 26.4. The van der Waals surface area contributed by atoms with Crippen molar-refractivity contribution in [2.75, 3.05) is 5.32 Å². The Balaban J connectivity index is 1.93. The second-order valence-corrected chi connectivity index (χ2v) is 5.88. The van der Waals surface area contributed by atoms with Crippen molar-refractivity contribution in [1.82, 2.24) is 0 Å². The van der Waals surface area contributed by atoms with E-state index in [1.807, 2.05) is 60.7 Å². The van der Waals surface area contributed by atoms with E-state index in [1.165, 1.54) is 6.92 Å². The van der Waals surface area contributed by atoms with E-state index in [-0.39, 0.29) is 11.7 Å². The van der Waals surface area contributed by atoms with Crippen LogP contribution in [0.4, 0.5) is 5.69 Å². The monoisotopic (exact) mass is 329 g/mol. The van der Waals surface area contributed by atoms with Crippen LogP contribution in [0.25, 0.3) is 0 Å². The zero-order valence-corrected chi connectivity index (χ0v) is 14.0. The Labute approximate surface area is 147 Å². The molecule has 0 unspecified atom stereocenters. The lowest BCUT2D eigenvalue weighted by Crippen LogP contribution is -2.22. The van der Waals surface area contributed by atoms with Gasteiger partial charge in [0, 0.05) is 11.3 Å². The van der Waals surface area contributed by atoms with Gasteiger partial charge in [-0.1, -0.05) is 72.8 Å². The second kappa shape index (κ2) is 7.58. The first-order valence-corrected chi connectivity index (χ1v) is 8.17. The number of rotatable bonds is 5. The maximum absolute atomic E-state index is 13.0. The first kappa shape index (κ1) is 16.7. The molecule has 0 saturated heterocycles. The van der Waals surface area contributed by atoms with Crippen molar-refractivity contribution in [3.8, 4) is 0 Å². The van der Waals surface area contributed by atoms with E-state index in [9.17, 15) is 9.59 Å². The predicted octanol–water partition coefficient (Wildman–Crippen LogP) is 4.66. The zero-order chi connectivity index (χ0) is 17.6. The highest BCUT2D eigenvalue weighted by Gasteiger charge is 2.22. The smallest absolute Gasteiger partial charge is 0.236 e. The largest absolute Gasteiger partial charge is 0.325 e. The van der Waals surface area contributed by atoms with Crippen LogP contribution in [0, 0.1) is 0 Å². The topological polar surface area (TPSA) is 46.2 Å². The van der Waals surface area contributed by atoms with E-state index >= 15 is 0 Å². The number of carbonyl (C=O) groups excluding carboxylic acids is 2. The average molecular weight is 329 g/mol. The van der Waals surface area contributed by atoms with E-state index in [0.29, 0.717) is 11.3 Å². The Bertz CT molecular complexity index is 833. The Morgan fingerprint density at radius 2 is 1.32 bits per heavy atom. The number of nitrogens with one attached hydrogen (secondary N) is 1. The fourth-order valence-corrected chi connectivity index (χ4v) is 2.82. The summed E-state index contributed by atoms with van der Waals surface area (Å²) in [7, 11) is 0. The number of carbonyl (C=O) groups is 2. The zero-order valence-electron chi connectivity index (χ0n) is 14.0. The van der Waals surface area contributed by atoms with Crippen LogP contribution in [-0.4, -0.2) is 11.7 Å². The van der Waals surface area contributed by atoms with E-state index in [4.69, 9.17) is 0 Å². The molecule has 1 amide bonds. The molecule has 124 valence electrons. The molecule has 0 aliphatic carbocycles. The minimum atomic E-state index is -0.414. The molecule has 3 nitrogen and oxygen atoms in total. The highest BCUT2D eigenvalue weighted by atomic mass is 16.2. The molecule has 1 N–H and O–H groups in total. The van der Waals surface area contributed by atoms with Gasteiger partial charge in [0.2, 0.25) is 5.91 Å². The van der Waals surface area contributed by atoms with Gasteiger partial charge in [0.1, 0.15) is 0 Å². The molecule has 3 aromatic carbocycles. The standard InChI is InChI=1S/C22H19NO2/c1-16(24)19-13-8-14-20(15-19)23-22(25)21(17-9-4-2-5-10-17)18-11-6-3-7-12-18/h2-15,21H,1H3,(H,23,25). The molecule has 0 fully saturated rings. The first-order valence-electron chi connectivity index (χ1n) is 8.17. The van der Waals surface area contributed by atoms with E-state index in [1.54, 1.807) is 24.3 Å². The summed E-state index contributed by atoms with van der Waals surface area (Å²) >= 11 is 0. The quantitative estimate of drug-likeness (QED) is 0.692. The Kier molecular flexibility index (Phi) is 5.05. The molecule has 3 rings (SSSR count). The van der Waals surface area contributed by atoms with Crippen molar-refractivity contribution in [2.24, 2.45) is 0 Å². The van der Waals surface area contributed by atoms with Gasteiger partial charge in [-0.2, -0.15) is 0 Å². The molecule has 0 aliphatic heterocycles. The number of Topliss-reactive ketones (excluding diaryl/α,β-unsaturated/α-hetero) is 1. The Morgan fingerprint density at radius 3 is 1.84 bits per heavy atom. The highest BCUT2D eigenvalue weighted by Crippen LogP contribution is 2.26. The van der Waals surface area contributed by atoms with Crippen LogP contribution in [-0.2, 0) is 4.79 Å². The fourth-order valence-electron chi connectivity index (χ4n) is 2.82. The molecular formula is C22H19NO2. The number of amides is 1. The molecule has 3 aromatic rings. The third-order valence-corrected chi connectivity index (χ3v) is 4.06. The van der Waals surface area contributed by atoms with Gasteiger partial charge >= 0.3 is 0 Å². The second-order valence-electron chi connectivity index (χ2n) is 5.88. The number of ketones is 1. The summed E-state index contributed by atoms with van der Waals surface area (Å²) in [5.41, 5.74) is 3.05. The van der Waals surface area contributed by atoms with Gasteiger partial charge in [-0.3, -0.25) is 9.59 Å². The van der Waals surface area contributed by atoms with Gasteiger partial charge in [0.25, 0.3) is 0 Å². The maximum Gasteiger partial charge on any atom is 0.236 e. The Morgan fingerprint density at radius 1 is 0.760 bits per heavy atom. The Hall–Kier alpha value is -3.20. The predicted molar refractivity (Wildman–Crippen MR) is 99.8 cm³/mol. The molecule has 0 atom stereocenters. The van der Waals surface area contributed by atoms with E-state index in [2.05, 4.69) is 5.32 Å². The summed E-state index contributed by atoms with van der Waals surface area (Å²) in [6.07, 6.45) is 0. The van der Waals surface area contributed by atoms with Crippen molar-refractivity contribution in [3.63, 3.8) is 0 Å². The van der Waals surface area contributed by atoms with Crippen LogP contribution in [0.1, 0.15) is 34.3 Å². The number of hydrogen-bond donors (Lipinski definition) is 1. The third kappa shape index (κ3) is 4.01. The lowest BCUT2D eigenvalue weighted by Gasteiger charge is -2.18. The minimum absolute atomic E-state index is 0.0289. The highest BCUT2D eigenvalue weighted by molar-refractivity contribution is 6.00. The third-order valence-electron chi connectivity index (χ3n) is 4.06. The van der Waals surface area contributed by atoms with Crippen molar-refractivity contribution in [1.29, 1.82) is 0 Å². The summed E-state index contributed by atoms with van der Waals surface area (Å²) in [4.78, 5) is 24.5. The van der Waals surface area contributed by atoms with Crippen molar-refractivity contribution in [3.05, 3.63) is 102 Å². The van der Waals surface area contributed by atoms with Crippen LogP contribution in [0.5, 0.6) is 0 Å². The maximum atomic E-state index is 13.0.